The highest BCUT2D eigenvalue weighted by Gasteiger charge is 2.09. The van der Waals surface area contributed by atoms with Crippen LogP contribution in [0.4, 0.5) is 0 Å². The Morgan fingerprint density at radius 2 is 2.37 bits per heavy atom. The van der Waals surface area contributed by atoms with E-state index >= 15 is 0 Å². The smallest absolute Gasteiger partial charge is 0.287 e. The molecule has 2 aromatic rings. The Labute approximate surface area is 119 Å². The van der Waals surface area contributed by atoms with E-state index in [1.165, 1.54) is 0 Å². The molecule has 5 nitrogen and oxygen atoms in total. The van der Waals surface area contributed by atoms with Gasteiger partial charge in [-0.05, 0) is 18.2 Å². The highest BCUT2D eigenvalue weighted by atomic mass is 79.9. The first-order chi connectivity index (χ1) is 9.16. The number of hydrogen-bond acceptors (Lipinski definition) is 3. The van der Waals surface area contributed by atoms with E-state index in [0.29, 0.717) is 19.0 Å². The molecular formula is C13H14BrN3O2. The van der Waals surface area contributed by atoms with Crippen molar-refractivity contribution in [2.75, 3.05) is 13.2 Å². The molecule has 19 heavy (non-hydrogen) atoms. The van der Waals surface area contributed by atoms with Crippen molar-refractivity contribution in [3.8, 4) is 5.75 Å². The zero-order valence-corrected chi connectivity index (χ0v) is 12.1. The van der Waals surface area contributed by atoms with Gasteiger partial charge in [0.15, 0.2) is 5.82 Å². The van der Waals surface area contributed by atoms with Crippen LogP contribution in [-0.2, 0) is 7.05 Å². The molecule has 1 heterocycles. The Morgan fingerprint density at radius 1 is 1.53 bits per heavy atom. The third-order valence-corrected chi connectivity index (χ3v) is 2.97. The number of carbonyl (C=O) groups excluding carboxylic acids is 1. The third-order valence-electron chi connectivity index (χ3n) is 2.48. The number of nitrogens with one attached hydrogen (secondary N) is 1. The van der Waals surface area contributed by atoms with Gasteiger partial charge in [-0.1, -0.05) is 22.0 Å². The summed E-state index contributed by atoms with van der Waals surface area (Å²) < 4.78 is 8.14. The van der Waals surface area contributed by atoms with Gasteiger partial charge in [0.1, 0.15) is 12.4 Å². The Kier molecular flexibility index (Phi) is 4.57. The van der Waals surface area contributed by atoms with Crippen molar-refractivity contribution in [2.24, 2.45) is 7.05 Å². The Bertz CT molecular complexity index is 569. The summed E-state index contributed by atoms with van der Waals surface area (Å²) in [7, 11) is 1.78. The van der Waals surface area contributed by atoms with Crippen molar-refractivity contribution in [2.45, 2.75) is 0 Å². The molecule has 0 aliphatic heterocycles. The molecule has 1 amide bonds. The highest BCUT2D eigenvalue weighted by Crippen LogP contribution is 2.17. The fraction of sp³-hybridized carbons (Fsp3) is 0.231. The van der Waals surface area contributed by atoms with E-state index in [2.05, 4.69) is 26.2 Å². The fourth-order valence-electron chi connectivity index (χ4n) is 1.55. The molecule has 0 bridgehead atoms. The normalized spacial score (nSPS) is 10.2. The summed E-state index contributed by atoms with van der Waals surface area (Å²) in [5.74, 6) is 0.952. The first-order valence-corrected chi connectivity index (χ1v) is 6.60. The lowest BCUT2D eigenvalue weighted by atomic mass is 10.3. The van der Waals surface area contributed by atoms with Crippen LogP contribution in [-0.4, -0.2) is 28.6 Å². The van der Waals surface area contributed by atoms with Gasteiger partial charge in [0.2, 0.25) is 0 Å². The molecule has 0 aliphatic carbocycles. The lowest BCUT2D eigenvalue weighted by Crippen LogP contribution is -2.30. The van der Waals surface area contributed by atoms with Crippen LogP contribution in [0.2, 0.25) is 0 Å². The van der Waals surface area contributed by atoms with Gasteiger partial charge in [0, 0.05) is 23.9 Å². The molecule has 1 aromatic carbocycles. The molecule has 0 fully saturated rings. The second kappa shape index (κ2) is 6.38. The van der Waals surface area contributed by atoms with E-state index in [1.807, 2.05) is 24.3 Å². The van der Waals surface area contributed by atoms with Gasteiger partial charge >= 0.3 is 0 Å². The van der Waals surface area contributed by atoms with E-state index in [9.17, 15) is 4.79 Å². The molecule has 0 saturated heterocycles. The van der Waals surface area contributed by atoms with Crippen molar-refractivity contribution in [3.63, 3.8) is 0 Å². The number of nitrogens with zero attached hydrogens (tertiary/aromatic N) is 2. The minimum atomic E-state index is -0.203. The molecule has 2 rings (SSSR count). The minimum Gasteiger partial charge on any atom is -0.492 e. The predicted octanol–water partition coefficient (Wildman–Crippen LogP) is 1.99. The number of benzene rings is 1. The van der Waals surface area contributed by atoms with Crippen molar-refractivity contribution in [1.29, 1.82) is 0 Å². The number of aromatic nitrogens is 2. The summed E-state index contributed by atoms with van der Waals surface area (Å²) in [5, 5.41) is 2.75. The van der Waals surface area contributed by atoms with Crippen LogP contribution in [0.15, 0.2) is 41.1 Å². The number of rotatable bonds is 5. The number of aryl methyl sites for hydroxylation is 1. The largest absolute Gasteiger partial charge is 0.492 e. The van der Waals surface area contributed by atoms with Crippen LogP contribution >= 0.6 is 15.9 Å². The number of halogens is 1. The average Bonchev–Trinajstić information content (AvgIpc) is 2.81. The van der Waals surface area contributed by atoms with Crippen LogP contribution in [0, 0.1) is 0 Å². The zero-order valence-electron chi connectivity index (χ0n) is 10.5. The van der Waals surface area contributed by atoms with Crippen molar-refractivity contribution in [1.82, 2.24) is 14.9 Å². The van der Waals surface area contributed by atoms with E-state index in [1.54, 1.807) is 24.0 Å². The van der Waals surface area contributed by atoms with Crippen LogP contribution < -0.4 is 10.1 Å². The Hall–Kier alpha value is -1.82. The van der Waals surface area contributed by atoms with Crippen LogP contribution in [0.25, 0.3) is 0 Å². The lowest BCUT2D eigenvalue weighted by molar-refractivity contribution is 0.0933. The maximum Gasteiger partial charge on any atom is 0.287 e. The summed E-state index contributed by atoms with van der Waals surface area (Å²) >= 11 is 3.37. The number of imidazole rings is 1. The summed E-state index contributed by atoms with van der Waals surface area (Å²) in [5.41, 5.74) is 0. The summed E-state index contributed by atoms with van der Waals surface area (Å²) in [6.07, 6.45) is 3.32. The topological polar surface area (TPSA) is 56.2 Å². The summed E-state index contributed by atoms with van der Waals surface area (Å²) in [6.45, 7) is 0.838. The molecule has 0 unspecified atom stereocenters. The molecule has 0 saturated carbocycles. The quantitative estimate of drug-likeness (QED) is 0.856. The van der Waals surface area contributed by atoms with Gasteiger partial charge in [-0.25, -0.2) is 4.98 Å². The van der Waals surface area contributed by atoms with Gasteiger partial charge in [0.05, 0.1) is 6.54 Å². The van der Waals surface area contributed by atoms with Crippen LogP contribution in [0.1, 0.15) is 10.6 Å². The Balaban J connectivity index is 1.75. The third kappa shape index (κ3) is 3.82. The SMILES string of the molecule is Cn1ccnc1C(=O)NCCOc1cccc(Br)c1. The van der Waals surface area contributed by atoms with Gasteiger partial charge in [-0.3, -0.25) is 4.79 Å². The standard InChI is InChI=1S/C13H14BrN3O2/c1-17-7-5-15-12(17)13(18)16-6-8-19-11-4-2-3-10(14)9-11/h2-5,7,9H,6,8H2,1H3,(H,16,18). The molecule has 1 N–H and O–H groups in total. The van der Waals surface area contributed by atoms with Crippen LogP contribution in [0.3, 0.4) is 0 Å². The fourth-order valence-corrected chi connectivity index (χ4v) is 1.93. The molecule has 1 aromatic heterocycles. The van der Waals surface area contributed by atoms with E-state index in [0.717, 1.165) is 10.2 Å². The highest BCUT2D eigenvalue weighted by molar-refractivity contribution is 9.10. The van der Waals surface area contributed by atoms with Gasteiger partial charge < -0.3 is 14.6 Å². The van der Waals surface area contributed by atoms with E-state index in [-0.39, 0.29) is 5.91 Å². The summed E-state index contributed by atoms with van der Waals surface area (Å²) in [4.78, 5) is 15.7. The van der Waals surface area contributed by atoms with Crippen molar-refractivity contribution >= 4 is 21.8 Å². The van der Waals surface area contributed by atoms with Gasteiger partial charge in [-0.2, -0.15) is 0 Å². The van der Waals surface area contributed by atoms with E-state index in [4.69, 9.17) is 4.74 Å². The molecular weight excluding hydrogens is 310 g/mol. The minimum absolute atomic E-state index is 0.203. The first-order valence-electron chi connectivity index (χ1n) is 5.80. The number of amides is 1. The predicted molar refractivity (Wildman–Crippen MR) is 75.2 cm³/mol. The van der Waals surface area contributed by atoms with Crippen molar-refractivity contribution < 1.29 is 9.53 Å². The van der Waals surface area contributed by atoms with Gasteiger partial charge in [0.25, 0.3) is 5.91 Å². The number of ether oxygens (including phenoxy) is 1. The summed E-state index contributed by atoms with van der Waals surface area (Å²) in [6, 6.07) is 7.56. The molecule has 6 heteroatoms. The van der Waals surface area contributed by atoms with Crippen LogP contribution in [0.5, 0.6) is 5.75 Å². The molecule has 0 atom stereocenters. The number of hydrogen-bond donors (Lipinski definition) is 1. The van der Waals surface area contributed by atoms with Gasteiger partial charge in [-0.15, -0.1) is 0 Å². The second-order valence-electron chi connectivity index (χ2n) is 3.92. The average molecular weight is 324 g/mol. The molecule has 100 valence electrons. The lowest BCUT2D eigenvalue weighted by Gasteiger charge is -2.07. The maximum absolute atomic E-state index is 11.7. The second-order valence-corrected chi connectivity index (χ2v) is 4.84. The molecule has 0 aliphatic rings. The zero-order chi connectivity index (χ0) is 13.7. The van der Waals surface area contributed by atoms with E-state index < -0.39 is 0 Å². The molecule has 0 radical (unpaired) electrons. The first kappa shape index (κ1) is 13.6. The molecule has 0 spiro atoms. The Morgan fingerprint density at radius 3 is 3.05 bits per heavy atom. The van der Waals surface area contributed by atoms with Crippen molar-refractivity contribution in [3.05, 3.63) is 47.0 Å². The number of carbonyl (C=O) groups is 1. The maximum atomic E-state index is 11.7. The monoisotopic (exact) mass is 323 g/mol.